The lowest BCUT2D eigenvalue weighted by atomic mass is 10.2. The van der Waals surface area contributed by atoms with E-state index in [9.17, 15) is 5.11 Å². The molecular formula is C19H19N4O3-. The van der Waals surface area contributed by atoms with E-state index in [1.54, 1.807) is 10.6 Å². The third-order valence-corrected chi connectivity index (χ3v) is 4.22. The summed E-state index contributed by atoms with van der Waals surface area (Å²) in [7, 11) is 0. The van der Waals surface area contributed by atoms with Gasteiger partial charge in [0.2, 0.25) is 5.88 Å². The highest BCUT2D eigenvalue weighted by molar-refractivity contribution is 5.87. The maximum Gasteiger partial charge on any atom is 0.217 e. The lowest BCUT2D eigenvalue weighted by Crippen LogP contribution is -2.07. The average Bonchev–Trinajstić information content (AvgIpc) is 2.93. The number of hydrogen-bond acceptors (Lipinski definition) is 6. The maximum absolute atomic E-state index is 12.4. The maximum atomic E-state index is 12.4. The zero-order valence-corrected chi connectivity index (χ0v) is 14.2. The summed E-state index contributed by atoms with van der Waals surface area (Å²) in [6, 6.07) is 9.04. The number of aromatic nitrogens is 3. The molecule has 0 amide bonds. The van der Waals surface area contributed by atoms with E-state index in [4.69, 9.17) is 15.2 Å². The van der Waals surface area contributed by atoms with Crippen molar-refractivity contribution in [2.24, 2.45) is 0 Å². The van der Waals surface area contributed by atoms with Crippen LogP contribution in [0.25, 0.3) is 11.0 Å². The predicted molar refractivity (Wildman–Crippen MR) is 96.3 cm³/mol. The number of pyridine rings is 1. The number of allylic oxidation sites excluding steroid dienone is 1. The summed E-state index contributed by atoms with van der Waals surface area (Å²) in [5.74, 6) is 1.37. The van der Waals surface area contributed by atoms with Crippen molar-refractivity contribution in [3.05, 3.63) is 48.0 Å². The van der Waals surface area contributed by atoms with Crippen molar-refractivity contribution in [1.82, 2.24) is 14.5 Å². The molecule has 0 fully saturated rings. The molecule has 1 aromatic carbocycles. The number of rotatable bonds is 0. The summed E-state index contributed by atoms with van der Waals surface area (Å²) in [5, 5.41) is 12.4. The van der Waals surface area contributed by atoms with E-state index in [-0.39, 0.29) is 11.8 Å². The Labute approximate surface area is 150 Å². The van der Waals surface area contributed by atoms with E-state index in [2.05, 4.69) is 16.0 Å². The van der Waals surface area contributed by atoms with Gasteiger partial charge in [-0.2, -0.15) is 4.98 Å². The van der Waals surface area contributed by atoms with Crippen LogP contribution in [0.3, 0.4) is 0 Å². The largest absolute Gasteiger partial charge is 0.846 e. The van der Waals surface area contributed by atoms with Crippen molar-refractivity contribution >= 4 is 16.9 Å². The van der Waals surface area contributed by atoms with Crippen LogP contribution in [0.15, 0.2) is 42.5 Å². The molecule has 3 heterocycles. The minimum atomic E-state index is -0.360. The molecule has 4 bridgehead atoms. The molecule has 134 valence electrons. The van der Waals surface area contributed by atoms with Crippen LogP contribution in [0, 0.1) is 0 Å². The van der Waals surface area contributed by atoms with Gasteiger partial charge in [-0.15, -0.1) is 0 Å². The normalized spacial score (nSPS) is 16.2. The number of nitrogens with zero attached hydrogens (tertiary/aromatic N) is 3. The quantitative estimate of drug-likeness (QED) is 0.624. The van der Waals surface area contributed by atoms with E-state index in [0.29, 0.717) is 36.7 Å². The molecule has 2 N–H and O–H groups in total. The third kappa shape index (κ3) is 3.28. The number of anilines is 1. The Morgan fingerprint density at radius 3 is 2.96 bits per heavy atom. The van der Waals surface area contributed by atoms with Crippen molar-refractivity contribution in [3.63, 3.8) is 0 Å². The number of benzene rings is 1. The number of ether oxygens (including phenoxy) is 2. The van der Waals surface area contributed by atoms with E-state index >= 15 is 0 Å². The topological polar surface area (TPSA) is 98.2 Å². The summed E-state index contributed by atoms with van der Waals surface area (Å²) in [6.07, 6.45) is 5.79. The fraction of sp³-hybridized carbons (Fsp3) is 0.263. The molecule has 7 heteroatoms. The Hall–Kier alpha value is -3.22. The first-order valence-corrected chi connectivity index (χ1v) is 8.54. The second-order valence-electron chi connectivity index (χ2n) is 6.11. The average molecular weight is 351 g/mol. The van der Waals surface area contributed by atoms with Crippen molar-refractivity contribution in [3.8, 4) is 17.6 Å². The minimum absolute atomic E-state index is 0.200. The molecule has 0 spiro atoms. The lowest BCUT2D eigenvalue weighted by Gasteiger charge is -2.13. The van der Waals surface area contributed by atoms with Crippen LogP contribution < -0.4 is 20.3 Å². The molecule has 0 radical (unpaired) electrons. The van der Waals surface area contributed by atoms with Gasteiger partial charge in [0.1, 0.15) is 17.9 Å². The second-order valence-corrected chi connectivity index (χ2v) is 6.11. The highest BCUT2D eigenvalue weighted by Gasteiger charge is 2.12. The molecule has 1 aliphatic heterocycles. The summed E-state index contributed by atoms with van der Waals surface area (Å²) in [4.78, 5) is 8.25. The standard InChI is InChI=1S/C19H20N4O3/c20-18-17-15-11-16(21-18)26-9-4-2-1-3-8-25-14-7-5-6-13(10-14)12-23(15)19(24)22-17/h1,3,5-7,10-11H,2,4,8-9,12H2,(H2,20,21)(H,22,24)/p-1/b3-1+. The summed E-state index contributed by atoms with van der Waals surface area (Å²) in [5.41, 5.74) is 7.94. The first-order valence-electron chi connectivity index (χ1n) is 8.54. The molecule has 3 aromatic rings. The van der Waals surface area contributed by atoms with Gasteiger partial charge >= 0.3 is 0 Å². The first-order chi connectivity index (χ1) is 12.7. The van der Waals surface area contributed by atoms with E-state index in [0.717, 1.165) is 24.2 Å². The minimum Gasteiger partial charge on any atom is -0.846 e. The highest BCUT2D eigenvalue weighted by atomic mass is 16.5. The van der Waals surface area contributed by atoms with Gasteiger partial charge in [0.15, 0.2) is 5.82 Å². The fourth-order valence-electron chi connectivity index (χ4n) is 2.95. The number of fused-ring (bicyclic) bond motifs is 3. The fourth-order valence-corrected chi connectivity index (χ4v) is 2.95. The Balaban J connectivity index is 1.79. The number of hydrogen-bond donors (Lipinski definition) is 1. The van der Waals surface area contributed by atoms with Crippen LogP contribution in [0.1, 0.15) is 18.4 Å². The molecule has 0 saturated heterocycles. The first kappa shape index (κ1) is 16.3. The van der Waals surface area contributed by atoms with Crippen LogP contribution in [0.2, 0.25) is 0 Å². The lowest BCUT2D eigenvalue weighted by molar-refractivity contribution is -0.284. The zero-order valence-electron chi connectivity index (χ0n) is 14.2. The van der Waals surface area contributed by atoms with Crippen LogP contribution in [0.5, 0.6) is 17.6 Å². The van der Waals surface area contributed by atoms with Gasteiger partial charge in [0.05, 0.1) is 18.1 Å². The van der Waals surface area contributed by atoms with Crippen molar-refractivity contribution < 1.29 is 14.6 Å². The van der Waals surface area contributed by atoms with Crippen molar-refractivity contribution in [2.45, 2.75) is 19.4 Å². The molecule has 0 aliphatic carbocycles. The Kier molecular flexibility index (Phi) is 4.35. The molecule has 1 aliphatic rings. The van der Waals surface area contributed by atoms with Gasteiger partial charge in [-0.1, -0.05) is 24.3 Å². The van der Waals surface area contributed by atoms with Crippen LogP contribution in [-0.4, -0.2) is 27.7 Å². The van der Waals surface area contributed by atoms with E-state index in [1.165, 1.54) is 0 Å². The van der Waals surface area contributed by atoms with Gasteiger partial charge in [0.25, 0.3) is 0 Å². The molecule has 2 aromatic heterocycles. The van der Waals surface area contributed by atoms with Gasteiger partial charge in [-0.05, 0) is 30.5 Å². The molecule has 0 atom stereocenters. The van der Waals surface area contributed by atoms with Gasteiger partial charge < -0.3 is 24.9 Å². The smallest absolute Gasteiger partial charge is 0.217 e. The van der Waals surface area contributed by atoms with Crippen LogP contribution >= 0.6 is 0 Å². The van der Waals surface area contributed by atoms with Gasteiger partial charge in [-0.3, -0.25) is 0 Å². The summed E-state index contributed by atoms with van der Waals surface area (Å²) < 4.78 is 13.0. The van der Waals surface area contributed by atoms with Crippen molar-refractivity contribution in [2.75, 3.05) is 18.9 Å². The summed E-state index contributed by atoms with van der Waals surface area (Å²) >= 11 is 0. The molecule has 0 saturated carbocycles. The Bertz CT molecular complexity index is 965. The van der Waals surface area contributed by atoms with Crippen LogP contribution in [0.4, 0.5) is 5.82 Å². The summed E-state index contributed by atoms with van der Waals surface area (Å²) in [6.45, 7) is 1.38. The van der Waals surface area contributed by atoms with E-state index < -0.39 is 0 Å². The van der Waals surface area contributed by atoms with Gasteiger partial charge in [0, 0.05) is 12.6 Å². The number of nitrogen functional groups attached to an aromatic ring is 1. The monoisotopic (exact) mass is 351 g/mol. The third-order valence-electron chi connectivity index (χ3n) is 4.22. The Morgan fingerprint density at radius 1 is 1.12 bits per heavy atom. The number of nitrogens with two attached hydrogens (primary N) is 1. The molecule has 4 rings (SSSR count). The predicted octanol–water partition coefficient (Wildman–Crippen LogP) is 2.24. The SMILES string of the molecule is Nc1nc2cc3c1nc([O-])n3Cc1cccc(c1)OC/C=C/CCCO2. The molecule has 0 unspecified atom stereocenters. The zero-order chi connectivity index (χ0) is 17.9. The van der Waals surface area contributed by atoms with E-state index in [1.807, 2.05) is 30.3 Å². The Morgan fingerprint density at radius 2 is 2.04 bits per heavy atom. The second kappa shape index (κ2) is 6.95. The number of imidazole rings is 1. The highest BCUT2D eigenvalue weighted by Crippen LogP contribution is 2.28. The molecule has 26 heavy (non-hydrogen) atoms. The molecular weight excluding hydrogens is 332 g/mol. The van der Waals surface area contributed by atoms with Crippen LogP contribution in [-0.2, 0) is 6.54 Å². The van der Waals surface area contributed by atoms with Crippen molar-refractivity contribution in [1.29, 1.82) is 0 Å². The van der Waals surface area contributed by atoms with Gasteiger partial charge in [-0.25, -0.2) is 4.98 Å². The molecule has 7 nitrogen and oxygen atoms in total.